The minimum Gasteiger partial charge on any atom is -0.282 e. The summed E-state index contributed by atoms with van der Waals surface area (Å²) in [6.07, 6.45) is 1.57. The van der Waals surface area contributed by atoms with Crippen LogP contribution in [-0.2, 0) is 10.0 Å². The van der Waals surface area contributed by atoms with Gasteiger partial charge in [0, 0.05) is 3.57 Å². The Balaban J connectivity index is 2.74. The Kier molecular flexibility index (Phi) is 4.85. The van der Waals surface area contributed by atoms with Crippen LogP contribution in [0.1, 0.15) is 19.8 Å². The highest BCUT2D eigenvalue weighted by Crippen LogP contribution is 2.18. The lowest BCUT2D eigenvalue weighted by molar-refractivity contribution is 0.598. The van der Waals surface area contributed by atoms with Crippen LogP contribution in [0.15, 0.2) is 24.3 Å². The first-order valence-corrected chi connectivity index (χ1v) is 7.53. The van der Waals surface area contributed by atoms with Gasteiger partial charge in [-0.25, -0.2) is 8.42 Å². The Morgan fingerprint density at radius 3 is 2.60 bits per heavy atom. The van der Waals surface area contributed by atoms with E-state index in [1.165, 1.54) is 0 Å². The normalized spacial score (nSPS) is 11.3. The molecule has 0 aromatic heterocycles. The summed E-state index contributed by atoms with van der Waals surface area (Å²) in [5.74, 6) is 0.189. The zero-order valence-corrected chi connectivity index (χ0v) is 11.5. The fourth-order valence-corrected chi connectivity index (χ4v) is 3.09. The summed E-state index contributed by atoms with van der Waals surface area (Å²) in [7, 11) is -3.17. The van der Waals surface area contributed by atoms with Crippen molar-refractivity contribution < 1.29 is 8.42 Å². The number of hydrogen-bond acceptors (Lipinski definition) is 2. The van der Waals surface area contributed by atoms with Gasteiger partial charge < -0.3 is 0 Å². The summed E-state index contributed by atoms with van der Waals surface area (Å²) in [5.41, 5.74) is 0.661. The van der Waals surface area contributed by atoms with Crippen molar-refractivity contribution in [2.24, 2.45) is 0 Å². The van der Waals surface area contributed by atoms with Gasteiger partial charge in [-0.15, -0.1) is 0 Å². The van der Waals surface area contributed by atoms with Gasteiger partial charge in [0.1, 0.15) is 0 Å². The molecular weight excluding hydrogens is 325 g/mol. The summed E-state index contributed by atoms with van der Waals surface area (Å²) >= 11 is 2.11. The molecule has 0 atom stereocenters. The van der Waals surface area contributed by atoms with Crippen LogP contribution in [-0.4, -0.2) is 14.2 Å². The number of nitrogens with one attached hydrogen (secondary N) is 1. The van der Waals surface area contributed by atoms with E-state index in [1.54, 1.807) is 6.07 Å². The van der Waals surface area contributed by atoms with Crippen molar-refractivity contribution in [3.8, 4) is 0 Å². The highest BCUT2D eigenvalue weighted by atomic mass is 127. The first-order chi connectivity index (χ1) is 7.05. The molecule has 0 aliphatic heterocycles. The number of rotatable bonds is 5. The molecule has 0 unspecified atom stereocenters. The van der Waals surface area contributed by atoms with Gasteiger partial charge in [-0.1, -0.05) is 25.5 Å². The average Bonchev–Trinajstić information content (AvgIpc) is 2.18. The smallest absolute Gasteiger partial charge is 0.232 e. The first-order valence-electron chi connectivity index (χ1n) is 4.80. The van der Waals surface area contributed by atoms with Crippen molar-refractivity contribution in [2.45, 2.75) is 19.8 Å². The average molecular weight is 339 g/mol. The van der Waals surface area contributed by atoms with Crippen molar-refractivity contribution in [1.82, 2.24) is 0 Å². The zero-order chi connectivity index (χ0) is 11.3. The van der Waals surface area contributed by atoms with Crippen LogP contribution in [0.5, 0.6) is 0 Å². The van der Waals surface area contributed by atoms with E-state index in [4.69, 9.17) is 0 Å². The highest BCUT2D eigenvalue weighted by Gasteiger charge is 2.10. The van der Waals surface area contributed by atoms with Gasteiger partial charge in [-0.05, 0) is 41.1 Å². The number of anilines is 1. The standard InChI is InChI=1S/C10H14INO2S/c1-2-3-8-15(13,14)12-10-7-5-4-6-9(10)11/h4-7,12H,2-3,8H2,1H3. The Bertz CT molecular complexity index is 417. The molecule has 5 heteroatoms. The van der Waals surface area contributed by atoms with E-state index < -0.39 is 10.0 Å². The largest absolute Gasteiger partial charge is 0.282 e. The van der Waals surface area contributed by atoms with Gasteiger partial charge in [-0.2, -0.15) is 0 Å². The second kappa shape index (κ2) is 5.69. The maximum Gasteiger partial charge on any atom is 0.232 e. The molecule has 0 saturated heterocycles. The molecule has 1 rings (SSSR count). The number of unbranched alkanes of at least 4 members (excludes halogenated alkanes) is 1. The molecule has 0 heterocycles. The summed E-state index contributed by atoms with van der Waals surface area (Å²) in [6, 6.07) is 7.34. The third kappa shape index (κ3) is 4.38. The molecule has 84 valence electrons. The Labute approximate surface area is 104 Å². The van der Waals surface area contributed by atoms with Crippen LogP contribution < -0.4 is 4.72 Å². The van der Waals surface area contributed by atoms with Crippen molar-refractivity contribution in [3.63, 3.8) is 0 Å². The van der Waals surface area contributed by atoms with Crippen molar-refractivity contribution in [2.75, 3.05) is 10.5 Å². The lowest BCUT2D eigenvalue weighted by Crippen LogP contribution is -2.17. The Morgan fingerprint density at radius 2 is 2.00 bits per heavy atom. The number of benzene rings is 1. The lowest BCUT2D eigenvalue weighted by atomic mass is 10.3. The SMILES string of the molecule is CCCCS(=O)(=O)Nc1ccccc1I. The molecule has 0 aliphatic rings. The fraction of sp³-hybridized carbons (Fsp3) is 0.400. The molecule has 3 nitrogen and oxygen atoms in total. The molecule has 15 heavy (non-hydrogen) atoms. The van der Waals surface area contributed by atoms with Crippen LogP contribution >= 0.6 is 22.6 Å². The minimum atomic E-state index is -3.17. The van der Waals surface area contributed by atoms with E-state index in [0.717, 1.165) is 9.99 Å². The molecule has 0 bridgehead atoms. The topological polar surface area (TPSA) is 46.2 Å². The molecule has 0 spiro atoms. The van der Waals surface area contributed by atoms with E-state index in [1.807, 2.05) is 25.1 Å². The first kappa shape index (κ1) is 12.8. The van der Waals surface area contributed by atoms with E-state index in [0.29, 0.717) is 12.1 Å². The van der Waals surface area contributed by atoms with Gasteiger partial charge in [0.05, 0.1) is 11.4 Å². The highest BCUT2D eigenvalue weighted by molar-refractivity contribution is 14.1. The van der Waals surface area contributed by atoms with E-state index in [9.17, 15) is 8.42 Å². The second-order valence-corrected chi connectivity index (χ2v) is 6.26. The van der Waals surface area contributed by atoms with Crippen LogP contribution in [0.2, 0.25) is 0 Å². The molecular formula is C10H14INO2S. The molecule has 0 fully saturated rings. The number of sulfonamides is 1. The monoisotopic (exact) mass is 339 g/mol. The summed E-state index contributed by atoms with van der Waals surface area (Å²) in [6.45, 7) is 1.97. The van der Waals surface area contributed by atoms with Gasteiger partial charge in [0.2, 0.25) is 10.0 Å². The quantitative estimate of drug-likeness (QED) is 0.839. The molecule has 1 aromatic carbocycles. The molecule has 1 aromatic rings. The third-order valence-electron chi connectivity index (χ3n) is 1.91. The maximum atomic E-state index is 11.6. The summed E-state index contributed by atoms with van der Waals surface area (Å²) in [5, 5.41) is 0. The minimum absolute atomic E-state index is 0.189. The van der Waals surface area contributed by atoms with Gasteiger partial charge in [0.25, 0.3) is 0 Å². The molecule has 0 amide bonds. The second-order valence-electron chi connectivity index (χ2n) is 3.25. The third-order valence-corrected chi connectivity index (χ3v) is 4.20. The van der Waals surface area contributed by atoms with E-state index in [-0.39, 0.29) is 5.75 Å². The predicted molar refractivity (Wildman–Crippen MR) is 71.5 cm³/mol. The van der Waals surface area contributed by atoms with Crippen LogP contribution in [0.4, 0.5) is 5.69 Å². The molecule has 1 N–H and O–H groups in total. The van der Waals surface area contributed by atoms with Crippen LogP contribution in [0, 0.1) is 3.57 Å². The van der Waals surface area contributed by atoms with Crippen LogP contribution in [0.3, 0.4) is 0 Å². The van der Waals surface area contributed by atoms with Gasteiger partial charge in [-0.3, -0.25) is 4.72 Å². The fourth-order valence-electron chi connectivity index (χ4n) is 1.10. The zero-order valence-electron chi connectivity index (χ0n) is 8.53. The molecule has 0 radical (unpaired) electrons. The summed E-state index contributed by atoms with van der Waals surface area (Å²) < 4.78 is 26.7. The van der Waals surface area contributed by atoms with Crippen LogP contribution in [0.25, 0.3) is 0 Å². The van der Waals surface area contributed by atoms with Gasteiger partial charge in [0.15, 0.2) is 0 Å². The maximum absolute atomic E-state index is 11.6. The van der Waals surface area contributed by atoms with Crippen molar-refractivity contribution in [3.05, 3.63) is 27.8 Å². The molecule has 0 saturated carbocycles. The van der Waals surface area contributed by atoms with Crippen molar-refractivity contribution in [1.29, 1.82) is 0 Å². The summed E-state index contributed by atoms with van der Waals surface area (Å²) in [4.78, 5) is 0. The Morgan fingerprint density at radius 1 is 1.33 bits per heavy atom. The van der Waals surface area contributed by atoms with Gasteiger partial charge >= 0.3 is 0 Å². The predicted octanol–water partition coefficient (Wildman–Crippen LogP) is 2.83. The number of halogens is 1. The van der Waals surface area contributed by atoms with E-state index in [2.05, 4.69) is 27.3 Å². The van der Waals surface area contributed by atoms with E-state index >= 15 is 0 Å². The number of hydrogen-bond donors (Lipinski definition) is 1. The lowest BCUT2D eigenvalue weighted by Gasteiger charge is -2.08. The molecule has 0 aliphatic carbocycles. The number of para-hydroxylation sites is 1. The van der Waals surface area contributed by atoms with Crippen molar-refractivity contribution >= 4 is 38.3 Å². The Hall–Kier alpha value is -0.300.